The number of carbonyl (C=O) groups excluding carboxylic acids is 1. The van der Waals surface area contributed by atoms with E-state index < -0.39 is 0 Å². The Morgan fingerprint density at radius 2 is 1.96 bits per heavy atom. The molecule has 2 atom stereocenters. The number of nitrogens with two attached hydrogens (primary N) is 1. The highest BCUT2D eigenvalue weighted by Gasteiger charge is 2.27. The quantitative estimate of drug-likeness (QED) is 0.796. The summed E-state index contributed by atoms with van der Waals surface area (Å²) in [4.78, 5) is 16.7. The normalized spacial score (nSPS) is 18.4. The average molecular weight is 376 g/mol. The Bertz CT molecular complexity index is 473. The van der Waals surface area contributed by atoms with Crippen molar-refractivity contribution in [2.75, 3.05) is 26.2 Å². The van der Waals surface area contributed by atoms with Gasteiger partial charge in [0.2, 0.25) is 5.91 Å². The van der Waals surface area contributed by atoms with Gasteiger partial charge >= 0.3 is 0 Å². The first-order valence-corrected chi connectivity index (χ1v) is 8.44. The Labute approximate surface area is 158 Å². The summed E-state index contributed by atoms with van der Waals surface area (Å²) in [7, 11) is 0. The van der Waals surface area contributed by atoms with E-state index in [1.807, 2.05) is 18.7 Å². The van der Waals surface area contributed by atoms with Crippen LogP contribution in [-0.4, -0.2) is 47.9 Å². The fraction of sp³-hybridized carbons (Fsp3) is 0.611. The van der Waals surface area contributed by atoms with Crippen LogP contribution < -0.4 is 5.73 Å². The molecule has 0 saturated carbocycles. The van der Waals surface area contributed by atoms with E-state index >= 15 is 0 Å². The molecular weight excluding hydrogens is 345 g/mol. The highest BCUT2D eigenvalue weighted by molar-refractivity contribution is 5.85. The van der Waals surface area contributed by atoms with Gasteiger partial charge in [-0.3, -0.25) is 9.69 Å². The summed E-state index contributed by atoms with van der Waals surface area (Å²) >= 11 is 0. The third-order valence-electron chi connectivity index (χ3n) is 4.55. The molecule has 0 spiro atoms. The van der Waals surface area contributed by atoms with Gasteiger partial charge in [-0.15, -0.1) is 24.8 Å². The largest absolute Gasteiger partial charge is 0.341 e. The zero-order valence-corrected chi connectivity index (χ0v) is 16.3. The molecular formula is C18H31Cl2N3O. The van der Waals surface area contributed by atoms with Crippen LogP contribution >= 0.6 is 24.8 Å². The molecule has 1 aromatic carbocycles. The van der Waals surface area contributed by atoms with Gasteiger partial charge in [-0.2, -0.15) is 0 Å². The SMILES string of the molecule is CC[C@H](N)C(=O)N(CC)CC1CCN(Cc2ccccc2)C1.Cl.Cl. The molecule has 1 unspecified atom stereocenters. The fourth-order valence-corrected chi connectivity index (χ4v) is 3.14. The first-order valence-electron chi connectivity index (χ1n) is 8.44. The molecule has 1 aliphatic rings. The van der Waals surface area contributed by atoms with Crippen molar-refractivity contribution in [3.8, 4) is 0 Å². The molecule has 0 radical (unpaired) electrons. The Kier molecular flexibility index (Phi) is 11.3. The summed E-state index contributed by atoms with van der Waals surface area (Å²) in [6.45, 7) is 8.79. The van der Waals surface area contributed by atoms with Gasteiger partial charge in [0.05, 0.1) is 6.04 Å². The minimum absolute atomic E-state index is 0. The average Bonchev–Trinajstić information content (AvgIpc) is 2.99. The van der Waals surface area contributed by atoms with E-state index in [1.165, 1.54) is 5.56 Å². The maximum Gasteiger partial charge on any atom is 0.239 e. The lowest BCUT2D eigenvalue weighted by molar-refractivity contribution is -0.133. The van der Waals surface area contributed by atoms with Gasteiger partial charge in [-0.25, -0.2) is 0 Å². The minimum Gasteiger partial charge on any atom is -0.341 e. The Hall–Kier alpha value is -0.810. The fourth-order valence-electron chi connectivity index (χ4n) is 3.14. The maximum absolute atomic E-state index is 12.3. The smallest absolute Gasteiger partial charge is 0.239 e. The van der Waals surface area contributed by atoms with Crippen molar-refractivity contribution in [1.29, 1.82) is 0 Å². The van der Waals surface area contributed by atoms with Crippen molar-refractivity contribution in [2.45, 2.75) is 39.3 Å². The van der Waals surface area contributed by atoms with E-state index in [4.69, 9.17) is 5.73 Å². The molecule has 138 valence electrons. The van der Waals surface area contributed by atoms with Crippen molar-refractivity contribution in [3.05, 3.63) is 35.9 Å². The predicted octanol–water partition coefficient (Wildman–Crippen LogP) is 2.94. The van der Waals surface area contributed by atoms with E-state index in [2.05, 4.69) is 35.2 Å². The molecule has 2 rings (SSSR count). The van der Waals surface area contributed by atoms with Crippen LogP contribution in [0.2, 0.25) is 0 Å². The number of hydrogen-bond acceptors (Lipinski definition) is 3. The number of amides is 1. The third kappa shape index (κ3) is 6.60. The van der Waals surface area contributed by atoms with Gasteiger partial charge in [-0.1, -0.05) is 37.3 Å². The van der Waals surface area contributed by atoms with Crippen LogP contribution in [0.3, 0.4) is 0 Å². The van der Waals surface area contributed by atoms with Crippen LogP contribution in [0.5, 0.6) is 0 Å². The summed E-state index contributed by atoms with van der Waals surface area (Å²) < 4.78 is 0. The van der Waals surface area contributed by atoms with Crippen LogP contribution in [0, 0.1) is 5.92 Å². The molecule has 0 aromatic heterocycles. The molecule has 1 aliphatic heterocycles. The maximum atomic E-state index is 12.3. The van der Waals surface area contributed by atoms with Crippen molar-refractivity contribution >= 4 is 30.7 Å². The molecule has 2 N–H and O–H groups in total. The minimum atomic E-state index is -0.346. The first-order chi connectivity index (χ1) is 10.6. The number of likely N-dealkylation sites (tertiary alicyclic amines) is 1. The Morgan fingerprint density at radius 1 is 1.29 bits per heavy atom. The molecule has 0 aliphatic carbocycles. The molecule has 1 heterocycles. The van der Waals surface area contributed by atoms with Crippen molar-refractivity contribution in [2.24, 2.45) is 11.7 Å². The van der Waals surface area contributed by atoms with Crippen molar-refractivity contribution in [1.82, 2.24) is 9.80 Å². The zero-order chi connectivity index (χ0) is 15.9. The van der Waals surface area contributed by atoms with E-state index in [9.17, 15) is 4.79 Å². The molecule has 1 amide bonds. The molecule has 1 fully saturated rings. The number of hydrogen-bond donors (Lipinski definition) is 1. The van der Waals surface area contributed by atoms with Crippen LogP contribution in [0.15, 0.2) is 30.3 Å². The van der Waals surface area contributed by atoms with Crippen LogP contribution in [0.1, 0.15) is 32.3 Å². The lowest BCUT2D eigenvalue weighted by atomic mass is 10.1. The first kappa shape index (κ1) is 23.2. The number of benzene rings is 1. The predicted molar refractivity (Wildman–Crippen MR) is 105 cm³/mol. The molecule has 1 saturated heterocycles. The van der Waals surface area contributed by atoms with Gasteiger partial charge in [0.25, 0.3) is 0 Å². The van der Waals surface area contributed by atoms with Gasteiger partial charge < -0.3 is 10.6 Å². The van der Waals surface area contributed by atoms with Gasteiger partial charge in [-0.05, 0) is 37.8 Å². The van der Waals surface area contributed by atoms with Crippen molar-refractivity contribution < 1.29 is 4.79 Å². The van der Waals surface area contributed by atoms with Gasteiger partial charge in [0, 0.05) is 26.2 Å². The van der Waals surface area contributed by atoms with Crippen LogP contribution in [0.25, 0.3) is 0 Å². The number of nitrogens with zero attached hydrogens (tertiary/aromatic N) is 2. The molecule has 0 bridgehead atoms. The summed E-state index contributed by atoms with van der Waals surface area (Å²) in [5, 5.41) is 0. The van der Waals surface area contributed by atoms with Crippen LogP contribution in [-0.2, 0) is 11.3 Å². The standard InChI is InChI=1S/C18H29N3O.2ClH/c1-3-17(19)18(22)21(4-2)14-16-10-11-20(13-16)12-15-8-6-5-7-9-15;;/h5-9,16-17H,3-4,10-14,19H2,1-2H3;2*1H/t16?,17-;;/m0../s1. The lowest BCUT2D eigenvalue weighted by Gasteiger charge is -2.27. The Balaban J connectivity index is 0.00000264. The summed E-state index contributed by atoms with van der Waals surface area (Å²) in [6, 6.07) is 10.2. The second-order valence-electron chi connectivity index (χ2n) is 6.27. The Morgan fingerprint density at radius 3 is 2.54 bits per heavy atom. The zero-order valence-electron chi connectivity index (χ0n) is 14.7. The topological polar surface area (TPSA) is 49.6 Å². The summed E-state index contributed by atoms with van der Waals surface area (Å²) in [5.41, 5.74) is 7.26. The van der Waals surface area contributed by atoms with Crippen LogP contribution in [0.4, 0.5) is 0 Å². The number of halogens is 2. The van der Waals surface area contributed by atoms with E-state index in [-0.39, 0.29) is 36.8 Å². The third-order valence-corrected chi connectivity index (χ3v) is 4.55. The highest BCUT2D eigenvalue weighted by atomic mass is 35.5. The highest BCUT2D eigenvalue weighted by Crippen LogP contribution is 2.20. The van der Waals surface area contributed by atoms with E-state index in [0.29, 0.717) is 12.3 Å². The van der Waals surface area contributed by atoms with Gasteiger partial charge in [0.1, 0.15) is 0 Å². The number of likely N-dealkylation sites (N-methyl/N-ethyl adjacent to an activating group) is 1. The molecule has 24 heavy (non-hydrogen) atoms. The van der Waals surface area contributed by atoms with Crippen molar-refractivity contribution in [3.63, 3.8) is 0 Å². The summed E-state index contributed by atoms with van der Waals surface area (Å²) in [6.07, 6.45) is 1.87. The molecule has 4 nitrogen and oxygen atoms in total. The summed E-state index contributed by atoms with van der Waals surface area (Å²) in [5.74, 6) is 0.670. The second kappa shape index (κ2) is 11.7. The van der Waals surface area contributed by atoms with Gasteiger partial charge in [0.15, 0.2) is 0 Å². The lowest BCUT2D eigenvalue weighted by Crippen LogP contribution is -2.45. The van der Waals surface area contributed by atoms with E-state index in [0.717, 1.165) is 39.1 Å². The number of rotatable bonds is 7. The monoisotopic (exact) mass is 375 g/mol. The number of carbonyl (C=O) groups is 1. The molecule has 1 aromatic rings. The van der Waals surface area contributed by atoms with E-state index in [1.54, 1.807) is 0 Å². The molecule has 6 heteroatoms. The second-order valence-corrected chi connectivity index (χ2v) is 6.27.